The smallest absolute Gasteiger partial charge is 0.171 e. The van der Waals surface area contributed by atoms with E-state index < -0.39 is 0 Å². The number of nitrogens with one attached hydrogen (secondary N) is 2. The molecule has 0 aliphatic heterocycles. The fraction of sp³-hybridized carbons (Fsp3) is 0.308. The zero-order chi connectivity index (χ0) is 12.1. The van der Waals surface area contributed by atoms with Gasteiger partial charge in [-0.3, -0.25) is 5.10 Å². The third-order valence-electron chi connectivity index (χ3n) is 2.69. The van der Waals surface area contributed by atoms with Crippen LogP contribution in [0.15, 0.2) is 30.3 Å². The Hall–Kier alpha value is -1.97. The number of hydrogen-bond acceptors (Lipinski definition) is 3. The van der Waals surface area contributed by atoms with Gasteiger partial charge in [-0.25, -0.2) is 0 Å². The Morgan fingerprint density at radius 1 is 1.29 bits per heavy atom. The Balaban J connectivity index is 2.15. The van der Waals surface area contributed by atoms with E-state index >= 15 is 0 Å². The van der Waals surface area contributed by atoms with Crippen molar-refractivity contribution >= 4 is 11.5 Å². The van der Waals surface area contributed by atoms with Crippen molar-refractivity contribution in [1.29, 1.82) is 0 Å². The molecule has 0 atom stereocenters. The maximum absolute atomic E-state index is 6.06. The molecule has 0 aliphatic carbocycles. The summed E-state index contributed by atoms with van der Waals surface area (Å²) in [5, 5.41) is 10.4. The molecule has 0 saturated heterocycles. The Kier molecular flexibility index (Phi) is 3.65. The number of nitrogens with zero attached hydrogens (tertiary/aromatic N) is 1. The lowest BCUT2D eigenvalue weighted by atomic mass is 10.1. The molecule has 1 aromatic carbocycles. The minimum atomic E-state index is 0.687. The Morgan fingerprint density at radius 2 is 2.06 bits per heavy atom. The number of aromatic amines is 1. The predicted molar refractivity (Wildman–Crippen MR) is 71.8 cm³/mol. The largest absolute Gasteiger partial charge is 0.394 e. The maximum atomic E-state index is 6.06. The average Bonchev–Trinajstić information content (AvgIpc) is 2.73. The minimum absolute atomic E-state index is 0.687. The summed E-state index contributed by atoms with van der Waals surface area (Å²) in [6.07, 6.45) is 2.27. The van der Waals surface area contributed by atoms with Crippen molar-refractivity contribution in [2.75, 3.05) is 17.6 Å². The van der Waals surface area contributed by atoms with E-state index in [4.69, 9.17) is 5.73 Å². The third kappa shape index (κ3) is 2.58. The standard InChI is InChI=1S/C13H18N4/c1-2-3-9-15-13-11(14)12(16-17-13)10-7-5-4-6-8-10/h4-8H,2-3,9,14H2,1H3,(H2,15,16,17). The van der Waals surface area contributed by atoms with Gasteiger partial charge >= 0.3 is 0 Å². The van der Waals surface area contributed by atoms with Crippen molar-refractivity contribution in [3.8, 4) is 11.3 Å². The first-order chi connectivity index (χ1) is 8.33. The zero-order valence-electron chi connectivity index (χ0n) is 10.0. The molecule has 0 radical (unpaired) electrons. The van der Waals surface area contributed by atoms with Crippen LogP contribution < -0.4 is 11.1 Å². The molecule has 4 nitrogen and oxygen atoms in total. The molecule has 0 fully saturated rings. The highest BCUT2D eigenvalue weighted by Crippen LogP contribution is 2.28. The second kappa shape index (κ2) is 5.39. The number of hydrogen-bond donors (Lipinski definition) is 3. The number of nitrogen functional groups attached to an aromatic ring is 1. The van der Waals surface area contributed by atoms with Crippen molar-refractivity contribution in [3.63, 3.8) is 0 Å². The Labute approximate surface area is 101 Å². The van der Waals surface area contributed by atoms with Gasteiger partial charge in [0.1, 0.15) is 5.69 Å². The lowest BCUT2D eigenvalue weighted by Crippen LogP contribution is -2.03. The average molecular weight is 230 g/mol. The molecule has 4 N–H and O–H groups in total. The summed E-state index contributed by atoms with van der Waals surface area (Å²) in [4.78, 5) is 0. The lowest BCUT2D eigenvalue weighted by molar-refractivity contribution is 0.830. The van der Waals surface area contributed by atoms with Crippen LogP contribution in [-0.4, -0.2) is 16.7 Å². The van der Waals surface area contributed by atoms with Gasteiger partial charge in [-0.2, -0.15) is 5.10 Å². The monoisotopic (exact) mass is 230 g/mol. The number of benzene rings is 1. The van der Waals surface area contributed by atoms with Crippen molar-refractivity contribution in [3.05, 3.63) is 30.3 Å². The van der Waals surface area contributed by atoms with E-state index in [0.29, 0.717) is 5.69 Å². The van der Waals surface area contributed by atoms with Crippen LogP contribution in [0.2, 0.25) is 0 Å². The van der Waals surface area contributed by atoms with E-state index in [1.54, 1.807) is 0 Å². The van der Waals surface area contributed by atoms with Crippen LogP contribution in [-0.2, 0) is 0 Å². The second-order valence-electron chi connectivity index (χ2n) is 4.01. The van der Waals surface area contributed by atoms with Crippen LogP contribution in [0.3, 0.4) is 0 Å². The molecule has 2 rings (SSSR count). The van der Waals surface area contributed by atoms with Gasteiger partial charge in [0.2, 0.25) is 0 Å². The summed E-state index contributed by atoms with van der Waals surface area (Å²) >= 11 is 0. The molecule has 0 spiro atoms. The van der Waals surface area contributed by atoms with Gasteiger partial charge in [0.15, 0.2) is 5.82 Å². The predicted octanol–water partition coefficient (Wildman–Crippen LogP) is 2.87. The topological polar surface area (TPSA) is 66.7 Å². The molecule has 0 saturated carbocycles. The number of H-pyrrole nitrogens is 1. The fourth-order valence-corrected chi connectivity index (χ4v) is 1.69. The first-order valence-electron chi connectivity index (χ1n) is 5.96. The number of anilines is 2. The van der Waals surface area contributed by atoms with Crippen LogP contribution in [0, 0.1) is 0 Å². The highest BCUT2D eigenvalue weighted by molar-refractivity contribution is 5.80. The molecular formula is C13H18N4. The van der Waals surface area contributed by atoms with Crippen molar-refractivity contribution < 1.29 is 0 Å². The summed E-state index contributed by atoms with van der Waals surface area (Å²) < 4.78 is 0. The fourth-order valence-electron chi connectivity index (χ4n) is 1.69. The number of rotatable bonds is 5. The van der Waals surface area contributed by atoms with E-state index in [0.717, 1.165) is 36.5 Å². The van der Waals surface area contributed by atoms with Crippen LogP contribution in [0.1, 0.15) is 19.8 Å². The molecule has 1 aromatic heterocycles. The van der Waals surface area contributed by atoms with Crippen molar-refractivity contribution in [2.24, 2.45) is 0 Å². The van der Waals surface area contributed by atoms with Crippen LogP contribution in [0.5, 0.6) is 0 Å². The van der Waals surface area contributed by atoms with Gasteiger partial charge in [0, 0.05) is 12.1 Å². The van der Waals surface area contributed by atoms with Gasteiger partial charge in [0.25, 0.3) is 0 Å². The van der Waals surface area contributed by atoms with Gasteiger partial charge in [-0.05, 0) is 6.42 Å². The first kappa shape index (κ1) is 11.5. The van der Waals surface area contributed by atoms with E-state index in [2.05, 4.69) is 22.4 Å². The van der Waals surface area contributed by atoms with Crippen LogP contribution in [0.4, 0.5) is 11.5 Å². The normalized spacial score (nSPS) is 10.4. The highest BCUT2D eigenvalue weighted by Gasteiger charge is 2.10. The minimum Gasteiger partial charge on any atom is -0.394 e. The van der Waals surface area contributed by atoms with Gasteiger partial charge in [0.05, 0.1) is 5.69 Å². The number of nitrogens with two attached hydrogens (primary N) is 1. The van der Waals surface area contributed by atoms with Gasteiger partial charge in [-0.1, -0.05) is 43.7 Å². The third-order valence-corrected chi connectivity index (χ3v) is 2.69. The summed E-state index contributed by atoms with van der Waals surface area (Å²) in [6, 6.07) is 9.98. The summed E-state index contributed by atoms with van der Waals surface area (Å²) in [7, 11) is 0. The van der Waals surface area contributed by atoms with E-state index in [1.807, 2.05) is 30.3 Å². The quantitative estimate of drug-likeness (QED) is 0.692. The van der Waals surface area contributed by atoms with Crippen LogP contribution in [0.25, 0.3) is 11.3 Å². The summed E-state index contributed by atoms with van der Waals surface area (Å²) in [6.45, 7) is 3.06. The van der Waals surface area contributed by atoms with E-state index in [9.17, 15) is 0 Å². The maximum Gasteiger partial charge on any atom is 0.171 e. The summed E-state index contributed by atoms with van der Waals surface area (Å²) in [5.74, 6) is 0.748. The van der Waals surface area contributed by atoms with Crippen molar-refractivity contribution in [1.82, 2.24) is 10.2 Å². The van der Waals surface area contributed by atoms with Gasteiger partial charge in [-0.15, -0.1) is 0 Å². The Bertz CT molecular complexity index is 462. The molecule has 4 heteroatoms. The zero-order valence-corrected chi connectivity index (χ0v) is 10.0. The molecule has 1 heterocycles. The second-order valence-corrected chi connectivity index (χ2v) is 4.01. The van der Waals surface area contributed by atoms with Crippen molar-refractivity contribution in [2.45, 2.75) is 19.8 Å². The molecule has 0 bridgehead atoms. The molecular weight excluding hydrogens is 212 g/mol. The first-order valence-corrected chi connectivity index (χ1v) is 5.96. The number of aromatic nitrogens is 2. The SMILES string of the molecule is CCCCNc1n[nH]c(-c2ccccc2)c1N. The number of unbranched alkanes of at least 4 members (excludes halogenated alkanes) is 1. The molecule has 17 heavy (non-hydrogen) atoms. The molecule has 0 unspecified atom stereocenters. The Morgan fingerprint density at radius 3 is 2.76 bits per heavy atom. The van der Waals surface area contributed by atoms with Crippen LogP contribution >= 0.6 is 0 Å². The van der Waals surface area contributed by atoms with Gasteiger partial charge < -0.3 is 11.1 Å². The summed E-state index contributed by atoms with van der Waals surface area (Å²) in [5.41, 5.74) is 8.68. The molecule has 90 valence electrons. The molecule has 0 amide bonds. The molecule has 0 aliphatic rings. The van der Waals surface area contributed by atoms with E-state index in [-0.39, 0.29) is 0 Å². The molecule has 2 aromatic rings. The highest BCUT2D eigenvalue weighted by atomic mass is 15.2. The lowest BCUT2D eigenvalue weighted by Gasteiger charge is -2.03. The van der Waals surface area contributed by atoms with E-state index in [1.165, 1.54) is 0 Å².